The van der Waals surface area contributed by atoms with Crippen molar-refractivity contribution in [3.05, 3.63) is 70.6 Å². The highest BCUT2D eigenvalue weighted by molar-refractivity contribution is 6.80. The third-order valence-corrected chi connectivity index (χ3v) is 6.97. The van der Waals surface area contributed by atoms with Crippen LogP contribution in [0.4, 0.5) is 5.82 Å². The van der Waals surface area contributed by atoms with Crippen molar-refractivity contribution in [3.8, 4) is 0 Å². The van der Waals surface area contributed by atoms with Crippen molar-refractivity contribution in [3.63, 3.8) is 0 Å². The smallest absolute Gasteiger partial charge is 0.293 e. The normalized spacial score (nSPS) is 17.2. The van der Waals surface area contributed by atoms with Gasteiger partial charge in [-0.25, -0.2) is 4.57 Å². The Bertz CT molecular complexity index is 1170. The molecule has 0 spiro atoms. The highest BCUT2D eigenvalue weighted by Crippen LogP contribution is 2.38. The van der Waals surface area contributed by atoms with Gasteiger partial charge in [0.05, 0.1) is 13.2 Å². The molecule has 3 heteroatoms. The molecule has 1 aliphatic heterocycles. The van der Waals surface area contributed by atoms with Gasteiger partial charge in [-0.05, 0) is 54.8 Å². The molecule has 0 bridgehead atoms. The largest absolute Gasteiger partial charge is 0.405 e. The lowest BCUT2D eigenvalue weighted by atomic mass is 9.55. The van der Waals surface area contributed by atoms with E-state index in [1.165, 1.54) is 58.3 Å². The molecule has 1 aromatic heterocycles. The van der Waals surface area contributed by atoms with Crippen LogP contribution in [-0.4, -0.2) is 6.85 Å². The second-order valence-corrected chi connectivity index (χ2v) is 8.50. The average Bonchev–Trinajstić information content (AvgIpc) is 3.26. The summed E-state index contributed by atoms with van der Waals surface area (Å²) >= 11 is 0. The summed E-state index contributed by atoms with van der Waals surface area (Å²) in [6.45, 7) is 4.95. The summed E-state index contributed by atoms with van der Waals surface area (Å²) in [7, 11) is 2.21. The molecule has 28 heavy (non-hydrogen) atoms. The van der Waals surface area contributed by atoms with Gasteiger partial charge in [0.2, 0.25) is 0 Å². The summed E-state index contributed by atoms with van der Waals surface area (Å²) in [5.74, 6) is 1.99. The molecular formula is C25H28BN2+. The van der Waals surface area contributed by atoms with E-state index in [4.69, 9.17) is 0 Å². The number of fused-ring (bicyclic) bond motifs is 2. The summed E-state index contributed by atoms with van der Waals surface area (Å²) in [6.07, 6.45) is 7.72. The van der Waals surface area contributed by atoms with Crippen LogP contribution < -0.4 is 19.8 Å². The second kappa shape index (κ2) is 6.81. The zero-order chi connectivity index (χ0) is 19.3. The van der Waals surface area contributed by atoms with Gasteiger partial charge in [-0.2, -0.15) is 0 Å². The van der Waals surface area contributed by atoms with Gasteiger partial charge in [-0.1, -0.05) is 55.3 Å². The number of anilines is 1. The van der Waals surface area contributed by atoms with Crippen LogP contribution >= 0.6 is 0 Å². The Hall–Kier alpha value is -2.55. The van der Waals surface area contributed by atoms with Crippen molar-refractivity contribution >= 4 is 35.2 Å². The van der Waals surface area contributed by atoms with Crippen molar-refractivity contribution < 1.29 is 4.57 Å². The molecule has 0 unspecified atom stereocenters. The lowest BCUT2D eigenvalue weighted by Gasteiger charge is -2.25. The van der Waals surface area contributed by atoms with Crippen LogP contribution in [0.5, 0.6) is 0 Å². The van der Waals surface area contributed by atoms with Gasteiger partial charge < -0.3 is 0 Å². The Morgan fingerprint density at radius 1 is 1.00 bits per heavy atom. The standard InChI is InChI=1S/C25H28BN2/c1-18-21-13-7-6-12-20(21)17-28(26(18)2)25-16-23(19-10-4-5-11-19)22-14-8-9-15-24(22)27(25)3/h6-9,12-17,19H,4-5,10-11H2,1-3H3/q+1. The van der Waals surface area contributed by atoms with Gasteiger partial charge in [0.25, 0.3) is 5.82 Å². The van der Waals surface area contributed by atoms with Crippen molar-refractivity contribution in [2.45, 2.75) is 45.3 Å². The molecule has 3 aromatic rings. The van der Waals surface area contributed by atoms with Gasteiger partial charge in [-0.3, -0.25) is 4.81 Å². The van der Waals surface area contributed by atoms with E-state index in [9.17, 15) is 0 Å². The molecule has 0 atom stereocenters. The van der Waals surface area contributed by atoms with E-state index < -0.39 is 0 Å². The first-order valence-corrected chi connectivity index (χ1v) is 10.6. The van der Waals surface area contributed by atoms with Crippen LogP contribution in [0.2, 0.25) is 6.82 Å². The fourth-order valence-electron chi connectivity index (χ4n) is 5.20. The predicted octanol–water partition coefficient (Wildman–Crippen LogP) is 3.91. The minimum atomic E-state index is 0.346. The van der Waals surface area contributed by atoms with Crippen LogP contribution in [0.3, 0.4) is 0 Å². The van der Waals surface area contributed by atoms with Crippen LogP contribution in [0.25, 0.3) is 22.6 Å². The molecule has 2 aromatic carbocycles. The van der Waals surface area contributed by atoms with Crippen molar-refractivity contribution in [1.29, 1.82) is 0 Å². The lowest BCUT2D eigenvalue weighted by Crippen LogP contribution is -2.50. The first-order valence-electron chi connectivity index (χ1n) is 10.6. The van der Waals surface area contributed by atoms with Gasteiger partial charge in [-0.15, -0.1) is 0 Å². The molecular weight excluding hydrogens is 339 g/mol. The number of hydrogen-bond acceptors (Lipinski definition) is 1. The monoisotopic (exact) mass is 367 g/mol. The van der Waals surface area contributed by atoms with Crippen LogP contribution in [0.1, 0.15) is 44.1 Å². The topological polar surface area (TPSA) is 7.12 Å². The molecule has 2 heterocycles. The lowest BCUT2D eigenvalue weighted by molar-refractivity contribution is -0.631. The molecule has 0 radical (unpaired) electrons. The minimum Gasteiger partial charge on any atom is -0.293 e. The fraction of sp³-hybridized carbons (Fsp3) is 0.320. The Morgan fingerprint density at radius 2 is 1.71 bits per heavy atom. The molecule has 1 aliphatic carbocycles. The molecule has 2 aliphatic rings. The summed E-state index contributed by atoms with van der Waals surface area (Å²) < 4.78 is 2.38. The first-order chi connectivity index (χ1) is 13.6. The van der Waals surface area contributed by atoms with E-state index >= 15 is 0 Å². The molecule has 1 fully saturated rings. The molecule has 2 nitrogen and oxygen atoms in total. The Labute approximate surface area is 167 Å². The van der Waals surface area contributed by atoms with Crippen LogP contribution in [0, 0.1) is 0 Å². The molecule has 0 N–H and O–H groups in total. The zero-order valence-corrected chi connectivity index (χ0v) is 17.2. The maximum Gasteiger partial charge on any atom is 0.405 e. The maximum atomic E-state index is 2.48. The van der Waals surface area contributed by atoms with E-state index in [1.807, 2.05) is 0 Å². The number of rotatable bonds is 2. The van der Waals surface area contributed by atoms with E-state index in [0.29, 0.717) is 12.8 Å². The molecule has 5 rings (SSSR count). The predicted molar refractivity (Wildman–Crippen MR) is 120 cm³/mol. The first kappa shape index (κ1) is 17.5. The number of benzene rings is 2. The van der Waals surface area contributed by atoms with Crippen molar-refractivity contribution in [2.24, 2.45) is 7.05 Å². The van der Waals surface area contributed by atoms with Gasteiger partial charge in [0.15, 0.2) is 0 Å². The summed E-state index contributed by atoms with van der Waals surface area (Å²) in [6, 6.07) is 20.2. The van der Waals surface area contributed by atoms with Crippen LogP contribution in [-0.2, 0) is 7.05 Å². The van der Waals surface area contributed by atoms with Gasteiger partial charge in [0, 0.05) is 16.7 Å². The second-order valence-electron chi connectivity index (χ2n) is 8.50. The van der Waals surface area contributed by atoms with Crippen molar-refractivity contribution in [1.82, 2.24) is 0 Å². The SMILES string of the molecule is CB1C(C)=c2ccccc2=CN1c1cc(C2CCCC2)c2ccccc2[n+]1C. The molecule has 0 saturated heterocycles. The highest BCUT2D eigenvalue weighted by atomic mass is 15.2. The number of para-hydroxylation sites is 1. The van der Waals surface area contributed by atoms with Gasteiger partial charge >= 0.3 is 6.85 Å². The Morgan fingerprint density at radius 3 is 2.54 bits per heavy atom. The quantitative estimate of drug-likeness (QED) is 0.492. The summed E-state index contributed by atoms with van der Waals surface area (Å²) in [5.41, 5.74) is 4.31. The zero-order valence-electron chi connectivity index (χ0n) is 17.2. The number of aryl methyl sites for hydroxylation is 1. The van der Waals surface area contributed by atoms with Crippen LogP contribution in [0.15, 0.2) is 54.6 Å². The Balaban J connectivity index is 1.76. The number of aromatic nitrogens is 1. The number of pyridine rings is 1. The maximum absolute atomic E-state index is 2.48. The Kier molecular flexibility index (Phi) is 4.27. The van der Waals surface area contributed by atoms with Gasteiger partial charge in [0.1, 0.15) is 5.52 Å². The molecule has 1 saturated carbocycles. The third kappa shape index (κ3) is 2.68. The molecule has 140 valence electrons. The average molecular weight is 367 g/mol. The van der Waals surface area contributed by atoms with E-state index in [1.54, 1.807) is 5.56 Å². The van der Waals surface area contributed by atoms with E-state index in [-0.39, 0.29) is 0 Å². The molecule has 0 amide bonds. The van der Waals surface area contributed by atoms with E-state index in [0.717, 1.165) is 0 Å². The minimum absolute atomic E-state index is 0.346. The number of nitrogens with zero attached hydrogens (tertiary/aromatic N) is 2. The summed E-state index contributed by atoms with van der Waals surface area (Å²) in [4.78, 5) is 2.47. The third-order valence-electron chi connectivity index (χ3n) is 6.97. The fourth-order valence-corrected chi connectivity index (χ4v) is 5.20. The number of hydrogen-bond donors (Lipinski definition) is 0. The van der Waals surface area contributed by atoms with Crippen molar-refractivity contribution in [2.75, 3.05) is 4.81 Å². The van der Waals surface area contributed by atoms with E-state index in [2.05, 4.69) is 91.0 Å². The highest BCUT2D eigenvalue weighted by Gasteiger charge is 2.34. The summed E-state index contributed by atoms with van der Waals surface area (Å²) in [5, 5.41) is 4.12.